The van der Waals surface area contributed by atoms with E-state index < -0.39 is 10.0 Å². The van der Waals surface area contributed by atoms with Crippen molar-refractivity contribution < 1.29 is 13.2 Å². The number of rotatable bonds is 7. The SMILES string of the molecule is Cc1cc(C)nc(NS(=O)(=O)c2ccc(NC(=O)CCCCl)cc2)n1. The van der Waals surface area contributed by atoms with E-state index in [1.165, 1.54) is 24.3 Å². The molecule has 0 atom stereocenters. The van der Waals surface area contributed by atoms with Gasteiger partial charge in [0.05, 0.1) is 4.90 Å². The summed E-state index contributed by atoms with van der Waals surface area (Å²) in [5.74, 6) is 0.269. The Morgan fingerprint density at radius 3 is 2.28 bits per heavy atom. The lowest BCUT2D eigenvalue weighted by atomic mass is 10.3. The summed E-state index contributed by atoms with van der Waals surface area (Å²) in [6.45, 7) is 3.52. The minimum Gasteiger partial charge on any atom is -0.326 e. The minimum atomic E-state index is -3.81. The highest BCUT2D eigenvalue weighted by Crippen LogP contribution is 2.17. The van der Waals surface area contributed by atoms with Gasteiger partial charge in [0.1, 0.15) is 0 Å². The van der Waals surface area contributed by atoms with Gasteiger partial charge < -0.3 is 5.32 Å². The van der Waals surface area contributed by atoms with Gasteiger partial charge in [0, 0.05) is 29.4 Å². The van der Waals surface area contributed by atoms with E-state index in [2.05, 4.69) is 20.0 Å². The Kier molecular flexibility index (Phi) is 6.33. The first-order valence-electron chi connectivity index (χ1n) is 7.61. The lowest BCUT2D eigenvalue weighted by molar-refractivity contribution is -0.116. The number of hydrogen-bond donors (Lipinski definition) is 2. The van der Waals surface area contributed by atoms with E-state index in [9.17, 15) is 13.2 Å². The number of benzene rings is 1. The first-order chi connectivity index (χ1) is 11.8. The zero-order chi connectivity index (χ0) is 18.4. The van der Waals surface area contributed by atoms with Crippen LogP contribution in [0.5, 0.6) is 0 Å². The van der Waals surface area contributed by atoms with E-state index in [0.29, 0.717) is 35.8 Å². The fourth-order valence-electron chi connectivity index (χ4n) is 2.12. The third-order valence-electron chi connectivity index (χ3n) is 3.19. The Morgan fingerprint density at radius 2 is 1.72 bits per heavy atom. The normalized spacial score (nSPS) is 11.2. The van der Waals surface area contributed by atoms with Crippen LogP contribution >= 0.6 is 11.6 Å². The molecule has 2 rings (SSSR count). The number of halogens is 1. The first-order valence-corrected chi connectivity index (χ1v) is 9.63. The lowest BCUT2D eigenvalue weighted by Crippen LogP contribution is -2.16. The Labute approximate surface area is 151 Å². The molecule has 25 heavy (non-hydrogen) atoms. The van der Waals surface area contributed by atoms with Gasteiger partial charge in [-0.3, -0.25) is 4.79 Å². The number of sulfonamides is 1. The molecule has 0 saturated carbocycles. The zero-order valence-corrected chi connectivity index (χ0v) is 15.5. The highest BCUT2D eigenvalue weighted by molar-refractivity contribution is 7.92. The van der Waals surface area contributed by atoms with Gasteiger partial charge in [0.15, 0.2) is 0 Å². The summed E-state index contributed by atoms with van der Waals surface area (Å²) in [6.07, 6.45) is 0.898. The molecule has 0 aliphatic rings. The number of alkyl halides is 1. The number of carbonyl (C=O) groups excluding carboxylic acids is 1. The fourth-order valence-corrected chi connectivity index (χ4v) is 3.20. The number of hydrogen-bond acceptors (Lipinski definition) is 5. The summed E-state index contributed by atoms with van der Waals surface area (Å²) in [5, 5.41) is 2.68. The smallest absolute Gasteiger partial charge is 0.264 e. The van der Waals surface area contributed by atoms with Crippen molar-refractivity contribution in [1.82, 2.24) is 9.97 Å². The van der Waals surface area contributed by atoms with Crippen LogP contribution in [-0.2, 0) is 14.8 Å². The zero-order valence-electron chi connectivity index (χ0n) is 13.9. The molecular formula is C16H19ClN4O3S. The molecule has 7 nitrogen and oxygen atoms in total. The number of nitrogens with one attached hydrogen (secondary N) is 2. The Morgan fingerprint density at radius 1 is 1.12 bits per heavy atom. The quantitative estimate of drug-likeness (QED) is 0.717. The van der Waals surface area contributed by atoms with E-state index in [4.69, 9.17) is 11.6 Å². The highest BCUT2D eigenvalue weighted by atomic mass is 35.5. The van der Waals surface area contributed by atoms with Crippen molar-refractivity contribution in [2.24, 2.45) is 0 Å². The molecule has 0 aliphatic carbocycles. The molecule has 0 aliphatic heterocycles. The third kappa shape index (κ3) is 5.68. The summed E-state index contributed by atoms with van der Waals surface area (Å²) < 4.78 is 27.2. The summed E-state index contributed by atoms with van der Waals surface area (Å²) in [5.41, 5.74) is 1.85. The average Bonchev–Trinajstić information content (AvgIpc) is 2.52. The van der Waals surface area contributed by atoms with Gasteiger partial charge in [-0.2, -0.15) is 0 Å². The predicted octanol–water partition coefficient (Wildman–Crippen LogP) is 2.85. The Hall–Kier alpha value is -2.19. The van der Waals surface area contributed by atoms with Crippen molar-refractivity contribution in [2.45, 2.75) is 31.6 Å². The Bertz CT molecular complexity index is 834. The van der Waals surface area contributed by atoms with E-state index in [-0.39, 0.29) is 16.8 Å². The van der Waals surface area contributed by atoms with Crippen LogP contribution in [-0.4, -0.2) is 30.2 Å². The Balaban J connectivity index is 2.10. The molecule has 1 aromatic heterocycles. The van der Waals surface area contributed by atoms with Crippen molar-refractivity contribution in [1.29, 1.82) is 0 Å². The molecule has 1 aromatic carbocycles. The maximum absolute atomic E-state index is 12.4. The summed E-state index contributed by atoms with van der Waals surface area (Å²) in [4.78, 5) is 19.8. The van der Waals surface area contributed by atoms with Crippen LogP contribution in [0, 0.1) is 13.8 Å². The molecule has 1 amide bonds. The van der Waals surface area contributed by atoms with Gasteiger partial charge in [-0.1, -0.05) is 0 Å². The van der Waals surface area contributed by atoms with Crippen molar-refractivity contribution in [3.8, 4) is 0 Å². The van der Waals surface area contributed by atoms with E-state index in [1.807, 2.05) is 0 Å². The number of anilines is 2. The monoisotopic (exact) mass is 382 g/mol. The molecule has 0 spiro atoms. The standard InChI is InChI=1S/C16H19ClN4O3S/c1-11-10-12(2)19-16(18-11)21-25(23,24)14-7-5-13(6-8-14)20-15(22)4-3-9-17/h5-8,10H,3-4,9H2,1-2H3,(H,20,22)(H,18,19,21). The molecule has 0 unspecified atom stereocenters. The van der Waals surface area contributed by atoms with Crippen LogP contribution in [0.25, 0.3) is 0 Å². The molecule has 0 saturated heterocycles. The highest BCUT2D eigenvalue weighted by Gasteiger charge is 2.16. The molecular weight excluding hydrogens is 364 g/mol. The van der Waals surface area contributed by atoms with E-state index in [1.54, 1.807) is 19.9 Å². The van der Waals surface area contributed by atoms with Gasteiger partial charge in [0.25, 0.3) is 10.0 Å². The predicted molar refractivity (Wildman–Crippen MR) is 97.3 cm³/mol. The van der Waals surface area contributed by atoms with Crippen molar-refractivity contribution in [2.75, 3.05) is 15.9 Å². The number of aromatic nitrogens is 2. The van der Waals surface area contributed by atoms with Gasteiger partial charge in [-0.25, -0.2) is 23.1 Å². The van der Waals surface area contributed by atoms with Crippen LogP contribution < -0.4 is 10.0 Å². The van der Waals surface area contributed by atoms with Gasteiger partial charge >= 0.3 is 0 Å². The van der Waals surface area contributed by atoms with Crippen LogP contribution in [0.1, 0.15) is 24.2 Å². The van der Waals surface area contributed by atoms with Gasteiger partial charge in [-0.05, 0) is 50.6 Å². The van der Waals surface area contributed by atoms with Crippen molar-refractivity contribution in [3.63, 3.8) is 0 Å². The maximum atomic E-state index is 12.4. The molecule has 0 bridgehead atoms. The number of aryl methyl sites for hydroxylation is 2. The molecule has 9 heteroatoms. The summed E-state index contributed by atoms with van der Waals surface area (Å²) >= 11 is 5.54. The molecule has 2 aromatic rings. The maximum Gasteiger partial charge on any atom is 0.264 e. The number of carbonyl (C=O) groups is 1. The van der Waals surface area contributed by atoms with Crippen LogP contribution in [0.4, 0.5) is 11.6 Å². The second-order valence-corrected chi connectivity index (χ2v) is 7.51. The topological polar surface area (TPSA) is 101 Å². The largest absolute Gasteiger partial charge is 0.326 e. The minimum absolute atomic E-state index is 0.0240. The van der Waals surface area contributed by atoms with Crippen LogP contribution in [0.15, 0.2) is 35.2 Å². The molecule has 134 valence electrons. The second-order valence-electron chi connectivity index (χ2n) is 5.44. The van der Waals surface area contributed by atoms with E-state index in [0.717, 1.165) is 0 Å². The second kappa shape index (κ2) is 8.26. The summed E-state index contributed by atoms with van der Waals surface area (Å²) in [7, 11) is -3.81. The molecule has 2 N–H and O–H groups in total. The first kappa shape index (κ1) is 19.1. The van der Waals surface area contributed by atoms with Crippen LogP contribution in [0.3, 0.4) is 0 Å². The van der Waals surface area contributed by atoms with Crippen LogP contribution in [0.2, 0.25) is 0 Å². The van der Waals surface area contributed by atoms with Crippen molar-refractivity contribution in [3.05, 3.63) is 41.7 Å². The number of nitrogens with zero attached hydrogens (tertiary/aromatic N) is 2. The molecule has 1 heterocycles. The number of amides is 1. The van der Waals surface area contributed by atoms with E-state index >= 15 is 0 Å². The average molecular weight is 383 g/mol. The van der Waals surface area contributed by atoms with Gasteiger partial charge in [0.2, 0.25) is 11.9 Å². The third-order valence-corrected chi connectivity index (χ3v) is 4.81. The van der Waals surface area contributed by atoms with Crippen molar-refractivity contribution >= 4 is 39.2 Å². The summed E-state index contributed by atoms with van der Waals surface area (Å²) in [6, 6.07) is 7.61. The van der Waals surface area contributed by atoms with Gasteiger partial charge in [-0.15, -0.1) is 11.6 Å². The molecule has 0 fully saturated rings. The lowest BCUT2D eigenvalue weighted by Gasteiger charge is -2.09. The molecule has 0 radical (unpaired) electrons. The fraction of sp³-hybridized carbons (Fsp3) is 0.312.